The Morgan fingerprint density at radius 2 is 1.93 bits per heavy atom. The van der Waals surface area contributed by atoms with Crippen LogP contribution in [-0.2, 0) is 14.3 Å². The molecule has 1 aromatic carbocycles. The molecule has 2 fully saturated rings. The number of hydrogen-bond donors (Lipinski definition) is 1. The summed E-state index contributed by atoms with van der Waals surface area (Å²) in [7, 11) is 4.53. The Morgan fingerprint density at radius 1 is 1.15 bits per heavy atom. The van der Waals surface area contributed by atoms with E-state index in [0.29, 0.717) is 23.1 Å². The molecule has 3 atom stereocenters. The van der Waals surface area contributed by atoms with Crippen molar-refractivity contribution < 1.29 is 23.8 Å². The lowest BCUT2D eigenvalue weighted by molar-refractivity contribution is -0.146. The number of methoxy groups -OCH3 is 3. The van der Waals surface area contributed by atoms with Crippen LogP contribution in [-0.4, -0.2) is 56.7 Å². The number of hydrogen-bond acceptors (Lipinski definition) is 6. The van der Waals surface area contributed by atoms with Gasteiger partial charge in [0.2, 0.25) is 5.91 Å². The van der Waals surface area contributed by atoms with E-state index in [0.717, 1.165) is 25.7 Å². The first-order chi connectivity index (χ1) is 13.1. The molecular formula is C20H28N2O5. The maximum atomic E-state index is 12.8. The largest absolute Gasteiger partial charge is 0.497 e. The van der Waals surface area contributed by atoms with E-state index in [1.165, 1.54) is 13.5 Å². The lowest BCUT2D eigenvalue weighted by atomic mass is 9.85. The SMILES string of the molecule is COC(=O)[C@@H]1C[C@@H]2CCCC[C@@H]2N1CC(=O)Nc1cc(OC)ccc1OC. The molecule has 0 unspecified atom stereocenters. The molecule has 0 bridgehead atoms. The van der Waals surface area contributed by atoms with Gasteiger partial charge in [0.25, 0.3) is 0 Å². The molecule has 1 saturated heterocycles. The number of anilines is 1. The van der Waals surface area contributed by atoms with E-state index in [4.69, 9.17) is 14.2 Å². The molecule has 3 rings (SSSR count). The van der Waals surface area contributed by atoms with Crippen LogP contribution >= 0.6 is 0 Å². The van der Waals surface area contributed by atoms with Crippen LogP contribution in [0.4, 0.5) is 5.69 Å². The number of nitrogens with one attached hydrogen (secondary N) is 1. The van der Waals surface area contributed by atoms with Crippen molar-refractivity contribution in [2.45, 2.75) is 44.2 Å². The van der Waals surface area contributed by atoms with Crippen LogP contribution in [0.1, 0.15) is 32.1 Å². The van der Waals surface area contributed by atoms with Crippen molar-refractivity contribution in [3.8, 4) is 11.5 Å². The second kappa shape index (κ2) is 8.61. The zero-order valence-electron chi connectivity index (χ0n) is 16.2. The average Bonchev–Trinajstić information content (AvgIpc) is 3.05. The van der Waals surface area contributed by atoms with Gasteiger partial charge in [-0.3, -0.25) is 14.5 Å². The summed E-state index contributed by atoms with van der Waals surface area (Å²) < 4.78 is 15.5. The second-order valence-corrected chi connectivity index (χ2v) is 7.17. The molecule has 7 heteroatoms. The van der Waals surface area contributed by atoms with E-state index in [2.05, 4.69) is 5.32 Å². The smallest absolute Gasteiger partial charge is 0.323 e. The van der Waals surface area contributed by atoms with Crippen LogP contribution in [0, 0.1) is 5.92 Å². The number of carbonyl (C=O) groups is 2. The van der Waals surface area contributed by atoms with Crippen molar-refractivity contribution in [2.24, 2.45) is 5.92 Å². The van der Waals surface area contributed by atoms with Gasteiger partial charge in [0.15, 0.2) is 0 Å². The molecule has 1 aromatic rings. The fourth-order valence-electron chi connectivity index (χ4n) is 4.42. The van der Waals surface area contributed by atoms with Gasteiger partial charge >= 0.3 is 5.97 Å². The normalized spacial score (nSPS) is 24.8. The molecule has 1 N–H and O–H groups in total. The van der Waals surface area contributed by atoms with Crippen molar-refractivity contribution in [1.29, 1.82) is 0 Å². The molecule has 0 spiro atoms. The van der Waals surface area contributed by atoms with Gasteiger partial charge in [-0.05, 0) is 37.3 Å². The summed E-state index contributed by atoms with van der Waals surface area (Å²) in [6.07, 6.45) is 5.23. The van der Waals surface area contributed by atoms with Crippen LogP contribution in [0.2, 0.25) is 0 Å². The summed E-state index contributed by atoms with van der Waals surface area (Å²) in [5.41, 5.74) is 0.552. The van der Waals surface area contributed by atoms with E-state index >= 15 is 0 Å². The third kappa shape index (κ3) is 4.18. The number of rotatable bonds is 6. The fourth-order valence-corrected chi connectivity index (χ4v) is 4.42. The first-order valence-electron chi connectivity index (χ1n) is 9.42. The van der Waals surface area contributed by atoms with E-state index in [-0.39, 0.29) is 30.5 Å². The van der Waals surface area contributed by atoms with Crippen molar-refractivity contribution in [1.82, 2.24) is 4.90 Å². The quantitative estimate of drug-likeness (QED) is 0.769. The van der Waals surface area contributed by atoms with Crippen molar-refractivity contribution >= 4 is 17.6 Å². The van der Waals surface area contributed by atoms with Crippen molar-refractivity contribution in [2.75, 3.05) is 33.2 Å². The molecule has 0 aromatic heterocycles. The van der Waals surface area contributed by atoms with Crippen LogP contribution in [0.15, 0.2) is 18.2 Å². The molecular weight excluding hydrogens is 348 g/mol. The Morgan fingerprint density at radius 3 is 2.63 bits per heavy atom. The highest BCUT2D eigenvalue weighted by Gasteiger charge is 2.46. The topological polar surface area (TPSA) is 77.1 Å². The molecule has 7 nitrogen and oxygen atoms in total. The Kier molecular flexibility index (Phi) is 6.21. The number of esters is 1. The second-order valence-electron chi connectivity index (χ2n) is 7.17. The monoisotopic (exact) mass is 376 g/mol. The van der Waals surface area contributed by atoms with E-state index in [1.54, 1.807) is 32.4 Å². The average molecular weight is 376 g/mol. The first kappa shape index (κ1) is 19.5. The van der Waals surface area contributed by atoms with E-state index in [9.17, 15) is 9.59 Å². The molecule has 1 aliphatic heterocycles. The fraction of sp³-hybridized carbons (Fsp3) is 0.600. The van der Waals surface area contributed by atoms with Crippen LogP contribution < -0.4 is 14.8 Å². The molecule has 1 amide bonds. The Labute approximate surface area is 160 Å². The lowest BCUT2D eigenvalue weighted by Gasteiger charge is -2.32. The lowest BCUT2D eigenvalue weighted by Crippen LogP contribution is -2.46. The molecule has 2 aliphatic rings. The molecule has 1 heterocycles. The minimum absolute atomic E-state index is 0.154. The highest BCUT2D eigenvalue weighted by Crippen LogP contribution is 2.40. The summed E-state index contributed by atoms with van der Waals surface area (Å²) in [5.74, 6) is 1.22. The number of carbonyl (C=O) groups excluding carboxylic acids is 2. The maximum absolute atomic E-state index is 12.8. The van der Waals surface area contributed by atoms with Crippen LogP contribution in [0.25, 0.3) is 0 Å². The molecule has 27 heavy (non-hydrogen) atoms. The van der Waals surface area contributed by atoms with Gasteiger partial charge in [0, 0.05) is 12.1 Å². The Balaban J connectivity index is 1.74. The number of benzene rings is 1. The predicted molar refractivity (Wildman–Crippen MR) is 101 cm³/mol. The first-order valence-corrected chi connectivity index (χ1v) is 9.42. The van der Waals surface area contributed by atoms with Gasteiger partial charge < -0.3 is 19.5 Å². The predicted octanol–water partition coefficient (Wildman–Crippen LogP) is 2.45. The number of ether oxygens (including phenoxy) is 3. The number of nitrogens with zero attached hydrogens (tertiary/aromatic N) is 1. The van der Waals surface area contributed by atoms with Crippen molar-refractivity contribution in [3.63, 3.8) is 0 Å². The van der Waals surface area contributed by atoms with Crippen molar-refractivity contribution in [3.05, 3.63) is 18.2 Å². The van der Waals surface area contributed by atoms with Gasteiger partial charge in [-0.2, -0.15) is 0 Å². The summed E-state index contributed by atoms with van der Waals surface area (Å²) in [6, 6.07) is 5.16. The van der Waals surface area contributed by atoms with E-state index < -0.39 is 0 Å². The molecule has 148 valence electrons. The third-order valence-electron chi connectivity index (χ3n) is 5.70. The molecule has 0 radical (unpaired) electrons. The number of fused-ring (bicyclic) bond motifs is 1. The summed E-state index contributed by atoms with van der Waals surface area (Å²) >= 11 is 0. The summed E-state index contributed by atoms with van der Waals surface area (Å²) in [6.45, 7) is 0.154. The minimum Gasteiger partial charge on any atom is -0.497 e. The minimum atomic E-state index is -0.346. The maximum Gasteiger partial charge on any atom is 0.323 e. The van der Waals surface area contributed by atoms with Crippen LogP contribution in [0.3, 0.4) is 0 Å². The zero-order valence-corrected chi connectivity index (χ0v) is 16.2. The van der Waals surface area contributed by atoms with E-state index in [1.807, 2.05) is 4.90 Å². The van der Waals surface area contributed by atoms with Gasteiger partial charge in [0.1, 0.15) is 17.5 Å². The number of amides is 1. The third-order valence-corrected chi connectivity index (χ3v) is 5.70. The summed E-state index contributed by atoms with van der Waals surface area (Å²) in [4.78, 5) is 27.1. The van der Waals surface area contributed by atoms with Gasteiger partial charge in [-0.15, -0.1) is 0 Å². The van der Waals surface area contributed by atoms with Gasteiger partial charge in [-0.25, -0.2) is 0 Å². The zero-order chi connectivity index (χ0) is 19.4. The number of likely N-dealkylation sites (tertiary alicyclic amines) is 1. The highest BCUT2D eigenvalue weighted by molar-refractivity contribution is 5.94. The highest BCUT2D eigenvalue weighted by atomic mass is 16.5. The standard InChI is InChI=1S/C20H28N2O5/c1-25-14-8-9-18(26-2)15(11-14)21-19(23)12-22-16-7-5-4-6-13(16)10-17(22)20(24)27-3/h8-9,11,13,16-17H,4-7,10,12H2,1-3H3,(H,21,23)/t13-,16-,17-/m0/s1. The Hall–Kier alpha value is -2.28. The summed E-state index contributed by atoms with van der Waals surface area (Å²) in [5, 5.41) is 2.90. The molecule has 1 aliphatic carbocycles. The van der Waals surface area contributed by atoms with Gasteiger partial charge in [-0.1, -0.05) is 12.8 Å². The van der Waals surface area contributed by atoms with Gasteiger partial charge in [0.05, 0.1) is 33.6 Å². The van der Waals surface area contributed by atoms with Crippen LogP contribution in [0.5, 0.6) is 11.5 Å². The molecule has 1 saturated carbocycles. The Bertz CT molecular complexity index is 693.